The summed E-state index contributed by atoms with van der Waals surface area (Å²) >= 11 is 0. The van der Waals surface area contributed by atoms with E-state index in [1.807, 2.05) is 11.9 Å². The van der Waals surface area contributed by atoms with Crippen LogP contribution in [0.2, 0.25) is 0 Å². The summed E-state index contributed by atoms with van der Waals surface area (Å²) in [5, 5.41) is 0. The number of rotatable bonds is 2. The summed E-state index contributed by atoms with van der Waals surface area (Å²) in [5.41, 5.74) is 0.175. The maximum absolute atomic E-state index is 11.9. The summed E-state index contributed by atoms with van der Waals surface area (Å²) in [6, 6.07) is 0.315. The molecule has 0 aromatic rings. The normalized spacial score (nSPS) is 20.1. The van der Waals surface area contributed by atoms with Gasteiger partial charge >= 0.3 is 0 Å². The predicted octanol–water partition coefficient (Wildman–Crippen LogP) is 2.68. The first-order valence-electron chi connectivity index (χ1n) is 5.60. The highest BCUT2D eigenvalue weighted by atomic mass is 16.2. The zero-order valence-corrected chi connectivity index (χ0v) is 10.1. The van der Waals surface area contributed by atoms with Crippen molar-refractivity contribution >= 4 is 5.91 Å². The molecule has 0 N–H and O–H groups in total. The zero-order chi connectivity index (χ0) is 10.9. The minimum Gasteiger partial charge on any atom is -0.342 e. The lowest BCUT2D eigenvalue weighted by Crippen LogP contribution is -2.46. The van der Waals surface area contributed by atoms with Gasteiger partial charge in [-0.05, 0) is 25.2 Å². The van der Waals surface area contributed by atoms with Crippen LogP contribution >= 0.6 is 0 Å². The van der Waals surface area contributed by atoms with E-state index in [1.54, 1.807) is 0 Å². The smallest absolute Gasteiger partial charge is 0.225 e. The van der Waals surface area contributed by atoms with E-state index in [0.29, 0.717) is 17.9 Å². The Balaban J connectivity index is 2.55. The number of carbonyl (C=O) groups is 1. The summed E-state index contributed by atoms with van der Waals surface area (Å²) in [4.78, 5) is 13.9. The molecule has 0 spiro atoms. The fourth-order valence-electron chi connectivity index (χ4n) is 1.71. The van der Waals surface area contributed by atoms with Crippen LogP contribution in [0.4, 0.5) is 0 Å². The van der Waals surface area contributed by atoms with E-state index < -0.39 is 0 Å². The van der Waals surface area contributed by atoms with Gasteiger partial charge in [0.25, 0.3) is 0 Å². The maximum atomic E-state index is 11.9. The van der Waals surface area contributed by atoms with Crippen molar-refractivity contribution < 1.29 is 4.79 Å². The Kier molecular flexibility index (Phi) is 3.23. The van der Waals surface area contributed by atoms with Gasteiger partial charge in [-0.2, -0.15) is 0 Å². The first kappa shape index (κ1) is 11.5. The van der Waals surface area contributed by atoms with E-state index in [-0.39, 0.29) is 5.41 Å². The van der Waals surface area contributed by atoms with E-state index >= 15 is 0 Å². The summed E-state index contributed by atoms with van der Waals surface area (Å²) < 4.78 is 0. The van der Waals surface area contributed by atoms with Gasteiger partial charge in [0.1, 0.15) is 0 Å². The average molecular weight is 197 g/mol. The van der Waals surface area contributed by atoms with Crippen LogP contribution in [0, 0.1) is 11.3 Å². The topological polar surface area (TPSA) is 20.3 Å². The molecule has 1 unspecified atom stereocenters. The van der Waals surface area contributed by atoms with Crippen LogP contribution in [0.15, 0.2) is 0 Å². The molecular formula is C12H23NO. The van der Waals surface area contributed by atoms with Crippen molar-refractivity contribution in [2.24, 2.45) is 11.3 Å². The van der Waals surface area contributed by atoms with Crippen molar-refractivity contribution in [2.75, 3.05) is 7.05 Å². The van der Waals surface area contributed by atoms with Crippen LogP contribution in [0.25, 0.3) is 0 Å². The maximum Gasteiger partial charge on any atom is 0.225 e. The minimum atomic E-state index is 0.175. The molecule has 14 heavy (non-hydrogen) atoms. The van der Waals surface area contributed by atoms with Crippen LogP contribution < -0.4 is 0 Å². The summed E-state index contributed by atoms with van der Waals surface area (Å²) in [6.45, 7) is 8.68. The molecule has 1 fully saturated rings. The quantitative estimate of drug-likeness (QED) is 0.666. The number of hydrogen-bond donors (Lipinski definition) is 0. The number of carbonyl (C=O) groups excluding carboxylic acids is 1. The molecular weight excluding hydrogens is 174 g/mol. The van der Waals surface area contributed by atoms with Gasteiger partial charge in [-0.3, -0.25) is 4.79 Å². The molecule has 2 nitrogen and oxygen atoms in total. The van der Waals surface area contributed by atoms with Gasteiger partial charge in [0, 0.05) is 19.0 Å². The van der Waals surface area contributed by atoms with Crippen LogP contribution in [-0.2, 0) is 4.79 Å². The van der Waals surface area contributed by atoms with Crippen LogP contribution in [0.1, 0.15) is 47.0 Å². The molecule has 1 atom stereocenters. The Morgan fingerprint density at radius 2 is 1.86 bits per heavy atom. The lowest BCUT2D eigenvalue weighted by Gasteiger charge is -2.39. The zero-order valence-electron chi connectivity index (χ0n) is 10.1. The Morgan fingerprint density at radius 1 is 1.36 bits per heavy atom. The van der Waals surface area contributed by atoms with Crippen molar-refractivity contribution in [1.29, 1.82) is 0 Å². The van der Waals surface area contributed by atoms with Crippen molar-refractivity contribution in [1.82, 2.24) is 4.90 Å². The monoisotopic (exact) mass is 197 g/mol. The molecule has 1 aliphatic rings. The second-order valence-corrected chi connectivity index (χ2v) is 5.62. The van der Waals surface area contributed by atoms with Gasteiger partial charge in [-0.1, -0.05) is 27.2 Å². The fourth-order valence-corrected chi connectivity index (χ4v) is 1.71. The standard InChI is InChI=1S/C12H23NO/c1-9(12(2,3)4)13(5)11(14)10-7-6-8-10/h9-10H,6-8H2,1-5H3. The van der Waals surface area contributed by atoms with Gasteiger partial charge < -0.3 is 4.90 Å². The molecule has 1 amide bonds. The van der Waals surface area contributed by atoms with Crippen LogP contribution in [0.5, 0.6) is 0 Å². The van der Waals surface area contributed by atoms with Crippen LogP contribution in [0.3, 0.4) is 0 Å². The molecule has 1 aliphatic carbocycles. The molecule has 2 heteroatoms. The third kappa shape index (κ3) is 2.28. The van der Waals surface area contributed by atoms with E-state index in [4.69, 9.17) is 0 Å². The van der Waals surface area contributed by atoms with Crippen molar-refractivity contribution in [3.8, 4) is 0 Å². The largest absolute Gasteiger partial charge is 0.342 e. The molecule has 0 aliphatic heterocycles. The first-order chi connectivity index (χ1) is 6.34. The molecule has 0 heterocycles. The second kappa shape index (κ2) is 3.92. The highest BCUT2D eigenvalue weighted by Gasteiger charge is 2.33. The third-order valence-corrected chi connectivity index (χ3v) is 3.64. The second-order valence-electron chi connectivity index (χ2n) is 5.62. The number of hydrogen-bond acceptors (Lipinski definition) is 1. The summed E-state index contributed by atoms with van der Waals surface area (Å²) in [5.74, 6) is 0.670. The minimum absolute atomic E-state index is 0.175. The summed E-state index contributed by atoms with van der Waals surface area (Å²) in [6.07, 6.45) is 3.42. The Labute approximate surface area is 87.7 Å². The highest BCUT2D eigenvalue weighted by Crippen LogP contribution is 2.31. The third-order valence-electron chi connectivity index (χ3n) is 3.64. The van der Waals surface area contributed by atoms with Gasteiger partial charge in [-0.15, -0.1) is 0 Å². The number of amides is 1. The Bertz CT molecular complexity index is 213. The molecule has 82 valence electrons. The van der Waals surface area contributed by atoms with E-state index in [2.05, 4.69) is 27.7 Å². The number of nitrogens with zero attached hydrogens (tertiary/aromatic N) is 1. The Hall–Kier alpha value is -0.530. The van der Waals surface area contributed by atoms with Crippen molar-refractivity contribution in [3.05, 3.63) is 0 Å². The predicted molar refractivity (Wildman–Crippen MR) is 59.0 cm³/mol. The van der Waals surface area contributed by atoms with Crippen molar-refractivity contribution in [2.45, 2.75) is 53.0 Å². The molecule has 0 radical (unpaired) electrons. The molecule has 0 saturated heterocycles. The van der Waals surface area contributed by atoms with Crippen molar-refractivity contribution in [3.63, 3.8) is 0 Å². The molecule has 0 bridgehead atoms. The molecule has 0 aromatic carbocycles. The summed E-state index contributed by atoms with van der Waals surface area (Å²) in [7, 11) is 1.94. The highest BCUT2D eigenvalue weighted by molar-refractivity contribution is 5.79. The van der Waals surface area contributed by atoms with E-state index in [9.17, 15) is 4.79 Å². The van der Waals surface area contributed by atoms with E-state index in [1.165, 1.54) is 6.42 Å². The molecule has 1 rings (SSSR count). The average Bonchev–Trinajstić information content (AvgIpc) is 1.96. The van der Waals surface area contributed by atoms with E-state index in [0.717, 1.165) is 12.8 Å². The first-order valence-corrected chi connectivity index (χ1v) is 5.60. The SMILES string of the molecule is CC(N(C)C(=O)C1CCC1)C(C)(C)C. The fraction of sp³-hybridized carbons (Fsp3) is 0.917. The molecule has 1 saturated carbocycles. The van der Waals surface area contributed by atoms with Gasteiger partial charge in [0.2, 0.25) is 5.91 Å². The van der Waals surface area contributed by atoms with Gasteiger partial charge in [0.05, 0.1) is 0 Å². The molecule has 0 aromatic heterocycles. The Morgan fingerprint density at radius 3 is 2.14 bits per heavy atom. The lowest BCUT2D eigenvalue weighted by molar-refractivity contribution is -0.140. The van der Waals surface area contributed by atoms with Gasteiger partial charge in [0.15, 0.2) is 0 Å². The van der Waals surface area contributed by atoms with Gasteiger partial charge in [-0.25, -0.2) is 0 Å². The lowest BCUT2D eigenvalue weighted by atomic mass is 9.82. The van der Waals surface area contributed by atoms with Crippen LogP contribution in [-0.4, -0.2) is 23.9 Å².